The zero-order chi connectivity index (χ0) is 19.2. The summed E-state index contributed by atoms with van der Waals surface area (Å²) in [6, 6.07) is 13.9. The minimum absolute atomic E-state index is 0.227. The van der Waals surface area contributed by atoms with Gasteiger partial charge in [0.2, 0.25) is 11.7 Å². The third kappa shape index (κ3) is 4.44. The van der Waals surface area contributed by atoms with Gasteiger partial charge in [-0.25, -0.2) is 0 Å². The molecule has 1 amide bonds. The summed E-state index contributed by atoms with van der Waals surface area (Å²) in [5.74, 6) is 2.03. The van der Waals surface area contributed by atoms with Gasteiger partial charge in [0.05, 0.1) is 13.7 Å². The molecule has 1 aromatic heterocycles. The second-order valence-corrected chi connectivity index (χ2v) is 5.84. The first-order valence-corrected chi connectivity index (χ1v) is 8.62. The minimum Gasteiger partial charge on any atom is -0.497 e. The molecule has 7 nitrogen and oxygen atoms in total. The van der Waals surface area contributed by atoms with Gasteiger partial charge in [-0.3, -0.25) is 4.79 Å². The maximum atomic E-state index is 12.4. The van der Waals surface area contributed by atoms with Crippen LogP contribution in [0.5, 0.6) is 11.5 Å². The van der Waals surface area contributed by atoms with Crippen molar-refractivity contribution in [1.82, 2.24) is 15.5 Å². The Labute approximate surface area is 157 Å². The van der Waals surface area contributed by atoms with Gasteiger partial charge >= 0.3 is 0 Å². The zero-order valence-electron chi connectivity index (χ0n) is 15.4. The molecule has 0 saturated heterocycles. The monoisotopic (exact) mass is 367 g/mol. The Bertz CT molecular complexity index is 888. The lowest BCUT2D eigenvalue weighted by atomic mass is 10.2. The zero-order valence-corrected chi connectivity index (χ0v) is 15.4. The summed E-state index contributed by atoms with van der Waals surface area (Å²) in [5.41, 5.74) is 1.33. The fraction of sp³-hybridized carbons (Fsp3) is 0.250. The lowest BCUT2D eigenvalue weighted by Crippen LogP contribution is -2.26. The van der Waals surface area contributed by atoms with Crippen LogP contribution in [0.2, 0.25) is 0 Å². The van der Waals surface area contributed by atoms with E-state index >= 15 is 0 Å². The smallest absolute Gasteiger partial charge is 0.251 e. The normalized spacial score (nSPS) is 11.7. The van der Waals surface area contributed by atoms with Crippen LogP contribution in [0.1, 0.15) is 36.1 Å². The Hall–Kier alpha value is -3.35. The van der Waals surface area contributed by atoms with Crippen LogP contribution in [-0.2, 0) is 0 Å². The van der Waals surface area contributed by atoms with Crippen molar-refractivity contribution in [3.8, 4) is 22.9 Å². The van der Waals surface area contributed by atoms with Gasteiger partial charge in [0.25, 0.3) is 5.91 Å². The number of aromatic nitrogens is 2. The van der Waals surface area contributed by atoms with Crippen LogP contribution in [0, 0.1) is 0 Å². The summed E-state index contributed by atoms with van der Waals surface area (Å²) < 4.78 is 15.8. The molecule has 0 spiro atoms. The molecule has 0 saturated carbocycles. The number of methoxy groups -OCH3 is 1. The number of carbonyl (C=O) groups excluding carboxylic acids is 1. The summed E-state index contributed by atoms with van der Waals surface area (Å²) in [4.78, 5) is 16.8. The van der Waals surface area contributed by atoms with Crippen molar-refractivity contribution in [2.45, 2.75) is 19.9 Å². The Kier molecular flexibility index (Phi) is 5.71. The maximum Gasteiger partial charge on any atom is 0.251 e. The number of benzene rings is 2. The van der Waals surface area contributed by atoms with E-state index in [4.69, 9.17) is 14.0 Å². The number of rotatable bonds is 7. The largest absolute Gasteiger partial charge is 0.497 e. The van der Waals surface area contributed by atoms with E-state index in [-0.39, 0.29) is 5.91 Å². The molecule has 1 unspecified atom stereocenters. The van der Waals surface area contributed by atoms with Crippen molar-refractivity contribution < 1.29 is 18.8 Å². The molecule has 1 N–H and O–H groups in total. The molecule has 0 aliphatic rings. The highest BCUT2D eigenvalue weighted by atomic mass is 16.5. The van der Waals surface area contributed by atoms with Gasteiger partial charge in [-0.1, -0.05) is 5.16 Å². The molecule has 0 fully saturated rings. The third-order valence-electron chi connectivity index (χ3n) is 3.94. The highest BCUT2D eigenvalue weighted by Crippen LogP contribution is 2.21. The summed E-state index contributed by atoms with van der Waals surface area (Å²) in [6.07, 6.45) is 0. The fourth-order valence-electron chi connectivity index (χ4n) is 2.48. The van der Waals surface area contributed by atoms with Crippen molar-refractivity contribution in [3.05, 3.63) is 60.0 Å². The minimum atomic E-state index is -0.427. The summed E-state index contributed by atoms with van der Waals surface area (Å²) >= 11 is 0. The molecule has 3 rings (SSSR count). The van der Waals surface area contributed by atoms with Crippen LogP contribution in [0.4, 0.5) is 0 Å². The number of hydrogen-bond donors (Lipinski definition) is 1. The van der Waals surface area contributed by atoms with E-state index in [1.165, 1.54) is 0 Å². The number of nitrogens with zero attached hydrogens (tertiary/aromatic N) is 2. The quantitative estimate of drug-likeness (QED) is 0.686. The lowest BCUT2D eigenvalue weighted by molar-refractivity contribution is 0.0932. The standard InChI is InChI=1S/C20H21N3O4/c1-4-26-17-11-7-15(8-12-17)19(24)21-13(2)20-22-18(23-27-20)14-5-9-16(25-3)10-6-14/h5-13H,4H2,1-3H3,(H,21,24). The van der Waals surface area contributed by atoms with E-state index in [2.05, 4.69) is 15.5 Å². The SMILES string of the molecule is CCOc1ccc(C(=O)NC(C)c2nc(-c3ccc(OC)cc3)no2)cc1. The first kappa shape index (κ1) is 18.4. The van der Waals surface area contributed by atoms with Crippen molar-refractivity contribution in [3.63, 3.8) is 0 Å². The van der Waals surface area contributed by atoms with Crippen LogP contribution in [0.3, 0.4) is 0 Å². The van der Waals surface area contributed by atoms with Crippen LogP contribution >= 0.6 is 0 Å². The van der Waals surface area contributed by atoms with Crippen LogP contribution in [-0.4, -0.2) is 29.8 Å². The Morgan fingerprint density at radius 2 is 1.78 bits per heavy atom. The van der Waals surface area contributed by atoms with E-state index in [0.29, 0.717) is 23.9 Å². The van der Waals surface area contributed by atoms with Crippen molar-refractivity contribution in [2.75, 3.05) is 13.7 Å². The van der Waals surface area contributed by atoms with Crippen molar-refractivity contribution in [2.24, 2.45) is 0 Å². The molecule has 0 radical (unpaired) electrons. The number of ether oxygens (including phenoxy) is 2. The van der Waals surface area contributed by atoms with E-state index in [0.717, 1.165) is 17.1 Å². The van der Waals surface area contributed by atoms with Crippen molar-refractivity contribution >= 4 is 5.91 Å². The van der Waals surface area contributed by atoms with E-state index < -0.39 is 6.04 Å². The molecular weight excluding hydrogens is 346 g/mol. The van der Waals surface area contributed by atoms with Gasteiger partial charge in [-0.15, -0.1) is 0 Å². The molecule has 27 heavy (non-hydrogen) atoms. The van der Waals surface area contributed by atoms with Gasteiger partial charge in [-0.05, 0) is 62.4 Å². The topological polar surface area (TPSA) is 86.5 Å². The molecular formula is C20H21N3O4. The molecule has 1 atom stereocenters. The molecule has 3 aromatic rings. The Morgan fingerprint density at radius 1 is 1.11 bits per heavy atom. The molecule has 140 valence electrons. The second kappa shape index (κ2) is 8.35. The highest BCUT2D eigenvalue weighted by molar-refractivity contribution is 5.94. The summed E-state index contributed by atoms with van der Waals surface area (Å²) in [6.45, 7) is 4.28. The van der Waals surface area contributed by atoms with Crippen molar-refractivity contribution in [1.29, 1.82) is 0 Å². The van der Waals surface area contributed by atoms with Gasteiger partial charge in [0.1, 0.15) is 17.5 Å². The number of amides is 1. The first-order valence-electron chi connectivity index (χ1n) is 8.62. The molecule has 0 aliphatic heterocycles. The number of carbonyl (C=O) groups is 1. The van der Waals surface area contributed by atoms with Gasteiger partial charge in [-0.2, -0.15) is 4.98 Å². The van der Waals surface area contributed by atoms with E-state index in [9.17, 15) is 4.79 Å². The fourth-order valence-corrected chi connectivity index (χ4v) is 2.48. The summed E-state index contributed by atoms with van der Waals surface area (Å²) in [5, 5.41) is 6.83. The van der Waals surface area contributed by atoms with Crippen LogP contribution in [0.15, 0.2) is 53.1 Å². The molecule has 0 aliphatic carbocycles. The highest BCUT2D eigenvalue weighted by Gasteiger charge is 2.18. The predicted molar refractivity (Wildman–Crippen MR) is 99.8 cm³/mol. The molecule has 0 bridgehead atoms. The number of nitrogens with one attached hydrogen (secondary N) is 1. The molecule has 2 aromatic carbocycles. The molecule has 7 heteroatoms. The first-order chi connectivity index (χ1) is 13.1. The average molecular weight is 367 g/mol. The molecule has 1 heterocycles. The van der Waals surface area contributed by atoms with E-state index in [1.54, 1.807) is 38.3 Å². The number of hydrogen-bond acceptors (Lipinski definition) is 6. The lowest BCUT2D eigenvalue weighted by Gasteiger charge is -2.10. The van der Waals surface area contributed by atoms with E-state index in [1.807, 2.05) is 31.2 Å². The Morgan fingerprint density at radius 3 is 2.41 bits per heavy atom. The van der Waals surface area contributed by atoms with Crippen LogP contribution in [0.25, 0.3) is 11.4 Å². The summed E-state index contributed by atoms with van der Waals surface area (Å²) in [7, 11) is 1.61. The average Bonchev–Trinajstić information content (AvgIpc) is 3.19. The van der Waals surface area contributed by atoms with Gasteiger partial charge < -0.3 is 19.3 Å². The second-order valence-electron chi connectivity index (χ2n) is 5.84. The van der Waals surface area contributed by atoms with Gasteiger partial charge in [0, 0.05) is 11.1 Å². The maximum absolute atomic E-state index is 12.4. The van der Waals surface area contributed by atoms with Gasteiger partial charge in [0.15, 0.2) is 0 Å². The third-order valence-corrected chi connectivity index (χ3v) is 3.94. The predicted octanol–water partition coefficient (Wildman–Crippen LogP) is 3.63. The Balaban J connectivity index is 1.66. The van der Waals surface area contributed by atoms with Crippen LogP contribution < -0.4 is 14.8 Å².